The molecule has 110 valence electrons. The summed E-state index contributed by atoms with van der Waals surface area (Å²) in [6.45, 7) is -0.435. The van der Waals surface area contributed by atoms with Gasteiger partial charge in [-0.05, 0) is 0 Å². The zero-order chi connectivity index (χ0) is 14.9. The summed E-state index contributed by atoms with van der Waals surface area (Å²) in [5, 5.41) is 19.0. The highest BCUT2D eigenvalue weighted by Crippen LogP contribution is 2.30. The second-order valence-corrected chi connectivity index (χ2v) is 4.33. The van der Waals surface area contributed by atoms with E-state index in [1.807, 2.05) is 0 Å². The molecule has 0 unspecified atom stereocenters. The van der Waals surface area contributed by atoms with Gasteiger partial charge < -0.3 is 25.4 Å². The van der Waals surface area contributed by atoms with Crippen molar-refractivity contribution < 1.29 is 24.5 Å². The van der Waals surface area contributed by atoms with E-state index in [-0.39, 0.29) is 11.4 Å². The van der Waals surface area contributed by atoms with Gasteiger partial charge >= 0.3 is 5.69 Å². The number of aliphatic hydroxyl groups excluding tert-OH is 2. The van der Waals surface area contributed by atoms with Crippen molar-refractivity contribution in [2.24, 2.45) is 0 Å². The molecule has 20 heavy (non-hydrogen) atoms. The number of aldehydes is 1. The van der Waals surface area contributed by atoms with Crippen LogP contribution < -0.4 is 11.4 Å². The molecular formula is C11H15N3O6. The summed E-state index contributed by atoms with van der Waals surface area (Å²) in [6.07, 6.45) is -2.26. The number of hydrogen-bond acceptors (Lipinski definition) is 8. The van der Waals surface area contributed by atoms with Crippen LogP contribution in [0.1, 0.15) is 16.6 Å². The predicted molar refractivity (Wildman–Crippen MR) is 66.1 cm³/mol. The van der Waals surface area contributed by atoms with Crippen molar-refractivity contribution >= 4 is 12.1 Å². The number of methoxy groups -OCH3 is 1. The van der Waals surface area contributed by atoms with Gasteiger partial charge in [-0.1, -0.05) is 0 Å². The molecule has 9 heteroatoms. The third-order valence-corrected chi connectivity index (χ3v) is 3.18. The Morgan fingerprint density at radius 2 is 2.35 bits per heavy atom. The van der Waals surface area contributed by atoms with Crippen LogP contribution in [-0.4, -0.2) is 58.1 Å². The molecule has 1 aromatic heterocycles. The van der Waals surface area contributed by atoms with E-state index in [4.69, 9.17) is 20.3 Å². The average molecular weight is 285 g/mol. The molecule has 2 rings (SSSR count). The highest BCUT2D eigenvalue weighted by Gasteiger charge is 2.45. The van der Waals surface area contributed by atoms with Crippen molar-refractivity contribution in [3.8, 4) is 0 Å². The molecule has 1 fully saturated rings. The van der Waals surface area contributed by atoms with Gasteiger partial charge in [0.2, 0.25) is 0 Å². The lowest BCUT2D eigenvalue weighted by Crippen LogP contribution is -2.37. The van der Waals surface area contributed by atoms with Gasteiger partial charge in [0.1, 0.15) is 24.1 Å². The number of ether oxygens (including phenoxy) is 2. The van der Waals surface area contributed by atoms with E-state index in [2.05, 4.69) is 4.98 Å². The molecule has 0 amide bonds. The minimum absolute atomic E-state index is 0.0185. The normalized spacial score (nSPS) is 29.6. The van der Waals surface area contributed by atoms with Gasteiger partial charge in [0.25, 0.3) is 0 Å². The van der Waals surface area contributed by atoms with Crippen molar-refractivity contribution in [2.75, 3.05) is 19.5 Å². The Morgan fingerprint density at radius 3 is 2.90 bits per heavy atom. The molecule has 0 aliphatic carbocycles. The van der Waals surface area contributed by atoms with Crippen molar-refractivity contribution in [3.05, 3.63) is 22.2 Å². The Labute approximate surface area is 113 Å². The van der Waals surface area contributed by atoms with Crippen LogP contribution in [0, 0.1) is 0 Å². The first-order chi connectivity index (χ1) is 9.53. The van der Waals surface area contributed by atoms with Crippen LogP contribution in [0.2, 0.25) is 0 Å². The number of aliphatic hydroxyl groups is 2. The third-order valence-electron chi connectivity index (χ3n) is 3.18. The molecule has 2 heterocycles. The lowest BCUT2D eigenvalue weighted by molar-refractivity contribution is -0.0624. The molecule has 1 aliphatic heterocycles. The standard InChI is InChI=1S/C11H15N3O6/c1-19-8-7(17)6(4-16)20-10(8)14-2-5(3-15)9(12)13-11(14)18/h2-3,6-8,10,16-17H,4H2,1H3,(H2,12,13,18)/t6-,7-,8-,10-/m1/s1. The Hall–Kier alpha value is -1.81. The van der Waals surface area contributed by atoms with Crippen LogP contribution in [-0.2, 0) is 9.47 Å². The molecule has 9 nitrogen and oxygen atoms in total. The van der Waals surface area contributed by atoms with E-state index < -0.39 is 36.8 Å². The number of carbonyl (C=O) groups excluding carboxylic acids is 1. The molecule has 0 aromatic carbocycles. The maximum Gasteiger partial charge on any atom is 0.351 e. The summed E-state index contributed by atoms with van der Waals surface area (Å²) >= 11 is 0. The van der Waals surface area contributed by atoms with Gasteiger partial charge in [0.05, 0.1) is 12.2 Å². The monoisotopic (exact) mass is 285 g/mol. The minimum Gasteiger partial charge on any atom is -0.394 e. The Morgan fingerprint density at radius 1 is 1.65 bits per heavy atom. The zero-order valence-electron chi connectivity index (χ0n) is 10.7. The number of carbonyl (C=O) groups is 1. The molecular weight excluding hydrogens is 270 g/mol. The summed E-state index contributed by atoms with van der Waals surface area (Å²) in [5.41, 5.74) is 4.70. The van der Waals surface area contributed by atoms with Gasteiger partial charge in [-0.15, -0.1) is 0 Å². The van der Waals surface area contributed by atoms with E-state index in [0.717, 1.165) is 4.57 Å². The van der Waals surface area contributed by atoms with Crippen LogP contribution in [0.25, 0.3) is 0 Å². The van der Waals surface area contributed by atoms with Crippen molar-refractivity contribution in [3.63, 3.8) is 0 Å². The van der Waals surface area contributed by atoms with Crippen LogP contribution in [0.4, 0.5) is 5.82 Å². The van der Waals surface area contributed by atoms with E-state index in [1.165, 1.54) is 13.3 Å². The van der Waals surface area contributed by atoms with Crippen LogP contribution in [0.15, 0.2) is 11.0 Å². The highest BCUT2D eigenvalue weighted by atomic mass is 16.6. The molecule has 4 N–H and O–H groups in total. The highest BCUT2D eigenvalue weighted by molar-refractivity contribution is 5.80. The van der Waals surface area contributed by atoms with Gasteiger partial charge in [-0.3, -0.25) is 9.36 Å². The zero-order valence-corrected chi connectivity index (χ0v) is 10.7. The van der Waals surface area contributed by atoms with Crippen LogP contribution in [0.5, 0.6) is 0 Å². The second kappa shape index (κ2) is 5.67. The number of nitrogens with zero attached hydrogens (tertiary/aromatic N) is 2. The summed E-state index contributed by atoms with van der Waals surface area (Å²) in [7, 11) is 1.33. The summed E-state index contributed by atoms with van der Waals surface area (Å²) in [4.78, 5) is 26.2. The maximum atomic E-state index is 11.8. The Kier molecular flexibility index (Phi) is 4.14. The van der Waals surface area contributed by atoms with Gasteiger partial charge in [0.15, 0.2) is 12.5 Å². The number of anilines is 1. The number of hydrogen-bond donors (Lipinski definition) is 3. The number of rotatable bonds is 4. The SMILES string of the molecule is CO[C@@H]1[C@H](O)[C@@H](CO)O[C@H]1n1cc(C=O)c(N)nc1=O. The molecule has 1 saturated heterocycles. The van der Waals surface area contributed by atoms with Crippen molar-refractivity contribution in [2.45, 2.75) is 24.5 Å². The smallest absolute Gasteiger partial charge is 0.351 e. The van der Waals surface area contributed by atoms with Crippen molar-refractivity contribution in [1.29, 1.82) is 0 Å². The van der Waals surface area contributed by atoms with Crippen molar-refractivity contribution in [1.82, 2.24) is 9.55 Å². The molecule has 0 saturated carbocycles. The Bertz CT molecular complexity index is 560. The van der Waals surface area contributed by atoms with Gasteiger partial charge in [-0.2, -0.15) is 4.98 Å². The molecule has 4 atom stereocenters. The molecule has 1 aliphatic rings. The first-order valence-electron chi connectivity index (χ1n) is 5.84. The quantitative estimate of drug-likeness (QED) is 0.535. The fourth-order valence-electron chi connectivity index (χ4n) is 2.12. The topological polar surface area (TPSA) is 137 Å². The molecule has 0 radical (unpaired) electrons. The number of aromatic nitrogens is 2. The molecule has 1 aromatic rings. The van der Waals surface area contributed by atoms with E-state index in [9.17, 15) is 14.7 Å². The lowest BCUT2D eigenvalue weighted by atomic mass is 10.1. The minimum atomic E-state index is -1.11. The van der Waals surface area contributed by atoms with E-state index in [1.54, 1.807) is 0 Å². The summed E-state index contributed by atoms with van der Waals surface area (Å²) < 4.78 is 11.5. The van der Waals surface area contributed by atoms with Gasteiger partial charge in [-0.25, -0.2) is 4.79 Å². The lowest BCUT2D eigenvalue weighted by Gasteiger charge is -2.20. The second-order valence-electron chi connectivity index (χ2n) is 4.33. The molecule has 0 bridgehead atoms. The average Bonchev–Trinajstić information content (AvgIpc) is 2.75. The van der Waals surface area contributed by atoms with Crippen LogP contribution >= 0.6 is 0 Å². The maximum absolute atomic E-state index is 11.8. The fourth-order valence-corrected chi connectivity index (χ4v) is 2.12. The molecule has 0 spiro atoms. The van der Waals surface area contributed by atoms with Gasteiger partial charge in [0, 0.05) is 13.3 Å². The number of nitrogen functional groups attached to an aromatic ring is 1. The summed E-state index contributed by atoms with van der Waals surface area (Å²) in [5.74, 6) is -0.188. The first-order valence-corrected chi connectivity index (χ1v) is 5.84. The van der Waals surface area contributed by atoms with Crippen LogP contribution in [0.3, 0.4) is 0 Å². The summed E-state index contributed by atoms with van der Waals surface area (Å²) in [6, 6.07) is 0. The fraction of sp³-hybridized carbons (Fsp3) is 0.545. The van der Waals surface area contributed by atoms with E-state index >= 15 is 0 Å². The third kappa shape index (κ3) is 2.31. The number of nitrogens with two attached hydrogens (primary N) is 1. The van der Waals surface area contributed by atoms with E-state index in [0.29, 0.717) is 6.29 Å². The predicted octanol–water partition coefficient (Wildman–Crippen LogP) is -2.10. The Balaban J connectivity index is 2.45. The largest absolute Gasteiger partial charge is 0.394 e. The first kappa shape index (κ1) is 14.6.